The minimum Gasteiger partial charge on any atom is -0.481 e. The Kier molecular flexibility index (Phi) is 10.8. The second kappa shape index (κ2) is 13.8. The number of fused-ring (bicyclic) bond motifs is 1. The van der Waals surface area contributed by atoms with Crippen molar-refractivity contribution >= 4 is 19.9 Å². The lowest BCUT2D eigenvalue weighted by Crippen LogP contribution is -2.25. The van der Waals surface area contributed by atoms with Crippen molar-refractivity contribution < 1.29 is 15.0 Å². The molecule has 4 atom stereocenters. The number of hydrogen-bond donors (Lipinski definition) is 2. The molecule has 2 fully saturated rings. The highest BCUT2D eigenvalue weighted by Gasteiger charge is 2.54. The molecule has 1 heterocycles. The van der Waals surface area contributed by atoms with Gasteiger partial charge in [-0.1, -0.05) is 51.3 Å². The lowest BCUT2D eigenvalue weighted by molar-refractivity contribution is -0.137. The zero-order valence-corrected chi connectivity index (χ0v) is 22.9. The van der Waals surface area contributed by atoms with Gasteiger partial charge in [0, 0.05) is 43.2 Å². The third-order valence-corrected chi connectivity index (χ3v) is 8.16. The van der Waals surface area contributed by atoms with Crippen molar-refractivity contribution in [2.45, 2.75) is 45.6 Å². The number of unbranched alkanes of at least 4 members (excludes halogenated alkanes) is 1. The number of aliphatic carboxylic acids is 1. The molecule has 6 heteroatoms. The van der Waals surface area contributed by atoms with E-state index in [0.717, 1.165) is 51.0 Å². The van der Waals surface area contributed by atoms with Crippen molar-refractivity contribution in [1.82, 2.24) is 9.80 Å². The lowest BCUT2D eigenvalue weighted by Gasteiger charge is -2.24. The average molecular weight is 509 g/mol. The van der Waals surface area contributed by atoms with Gasteiger partial charge in [-0.25, -0.2) is 0 Å². The first-order valence-electron chi connectivity index (χ1n) is 13.0. The zero-order chi connectivity index (χ0) is 26.1. The third-order valence-electron chi connectivity index (χ3n) is 7.13. The smallest absolute Gasteiger partial charge is 0.303 e. The van der Waals surface area contributed by atoms with E-state index in [4.69, 9.17) is 5.11 Å². The van der Waals surface area contributed by atoms with Crippen molar-refractivity contribution in [3.8, 4) is 11.8 Å². The number of carboxylic acid groups (broad SMARTS) is 1. The van der Waals surface area contributed by atoms with Crippen LogP contribution in [-0.2, 0) is 4.79 Å². The predicted molar refractivity (Wildman–Crippen MR) is 151 cm³/mol. The third kappa shape index (κ3) is 8.07. The van der Waals surface area contributed by atoms with Crippen LogP contribution >= 0.6 is 8.58 Å². The summed E-state index contributed by atoms with van der Waals surface area (Å²) in [5.74, 6) is 8.11. The van der Waals surface area contributed by atoms with E-state index in [2.05, 4.69) is 60.3 Å². The van der Waals surface area contributed by atoms with Crippen LogP contribution in [0.15, 0.2) is 54.9 Å². The molecule has 3 rings (SSSR count). The van der Waals surface area contributed by atoms with Crippen LogP contribution in [0.25, 0.3) is 5.31 Å². The number of piperidine rings is 1. The monoisotopic (exact) mass is 508 g/mol. The van der Waals surface area contributed by atoms with Crippen molar-refractivity contribution in [2.24, 2.45) is 17.8 Å². The summed E-state index contributed by atoms with van der Waals surface area (Å²) in [5, 5.41) is 20.0. The van der Waals surface area contributed by atoms with Gasteiger partial charge in [0.2, 0.25) is 0 Å². The molecule has 3 unspecified atom stereocenters. The van der Waals surface area contributed by atoms with Crippen LogP contribution in [0.3, 0.4) is 0 Å². The highest BCUT2D eigenvalue weighted by molar-refractivity contribution is 7.49. The standard InChI is InChI=1S/C30H41N2O3P/c1-5-17-32(22(2)23(3)33)19-8-9-29(36-4)25-14-11-24(12-15-25)13-16-26-27-20-31(21-28(26)27)18-7-6-10-30(34)35/h5,9,11-12,14-15,17,23,26-28,33,36H,2,6-8,10,18-21H2,1,3-4H3,(H,34,35)/b17-5-,29-9-/t23-,26?,27?,28?/m0/s1. The van der Waals surface area contributed by atoms with Gasteiger partial charge in [0.15, 0.2) is 0 Å². The molecule has 1 saturated carbocycles. The first-order valence-corrected chi connectivity index (χ1v) is 14.5. The van der Waals surface area contributed by atoms with E-state index < -0.39 is 12.1 Å². The normalized spacial score (nSPS) is 22.4. The number of rotatable bonds is 13. The molecule has 2 aliphatic rings. The number of aliphatic hydroxyl groups excluding tert-OH is 1. The van der Waals surface area contributed by atoms with Crippen LogP contribution in [0.4, 0.5) is 0 Å². The quantitative estimate of drug-likeness (QED) is 0.217. The number of carbonyl (C=O) groups is 1. The van der Waals surface area contributed by atoms with E-state index in [1.54, 1.807) is 6.92 Å². The zero-order valence-electron chi connectivity index (χ0n) is 21.9. The largest absolute Gasteiger partial charge is 0.481 e. The molecule has 0 bridgehead atoms. The second-order valence-corrected chi connectivity index (χ2v) is 10.8. The van der Waals surface area contributed by atoms with Crippen LogP contribution in [-0.4, -0.2) is 64.9 Å². The number of likely N-dealkylation sites (tertiary alicyclic amines) is 1. The Bertz CT molecular complexity index is 1010. The molecule has 194 valence electrons. The SMILES string of the molecule is C=C([C@H](C)O)N(/C=C\C)CC/C=C(\PC)c1ccc(C#CC2C3CN(CCCCC(=O)O)CC23)cc1. The Labute approximate surface area is 218 Å². The molecule has 0 aromatic heterocycles. The van der Waals surface area contributed by atoms with Gasteiger partial charge < -0.3 is 20.0 Å². The summed E-state index contributed by atoms with van der Waals surface area (Å²) in [4.78, 5) is 15.1. The molecular formula is C30H41N2O3P. The lowest BCUT2D eigenvalue weighted by atomic mass is 10.1. The summed E-state index contributed by atoms with van der Waals surface area (Å²) in [7, 11) is 0.704. The fourth-order valence-electron chi connectivity index (χ4n) is 4.97. The Morgan fingerprint density at radius 2 is 1.97 bits per heavy atom. The summed E-state index contributed by atoms with van der Waals surface area (Å²) in [5.41, 5.74) is 3.03. The summed E-state index contributed by atoms with van der Waals surface area (Å²) < 4.78 is 0. The molecule has 0 spiro atoms. The number of hydrogen-bond acceptors (Lipinski definition) is 4. The first kappa shape index (κ1) is 28.2. The minimum atomic E-state index is -0.697. The van der Waals surface area contributed by atoms with E-state index in [1.165, 1.54) is 10.9 Å². The van der Waals surface area contributed by atoms with Gasteiger partial charge in [0.05, 0.1) is 6.10 Å². The topological polar surface area (TPSA) is 64.0 Å². The van der Waals surface area contributed by atoms with Crippen molar-refractivity contribution in [3.63, 3.8) is 0 Å². The van der Waals surface area contributed by atoms with Crippen LogP contribution in [0.1, 0.15) is 50.7 Å². The number of carboxylic acids is 1. The fourth-order valence-corrected chi connectivity index (χ4v) is 5.77. The minimum absolute atomic E-state index is 0.277. The maximum absolute atomic E-state index is 10.6. The summed E-state index contributed by atoms with van der Waals surface area (Å²) >= 11 is 0. The van der Waals surface area contributed by atoms with Gasteiger partial charge >= 0.3 is 5.97 Å². The summed E-state index contributed by atoms with van der Waals surface area (Å²) in [6.45, 7) is 13.9. The number of benzene rings is 1. The first-order chi connectivity index (χ1) is 17.3. The van der Waals surface area contributed by atoms with E-state index in [0.29, 0.717) is 32.0 Å². The molecule has 1 saturated heterocycles. The maximum Gasteiger partial charge on any atom is 0.303 e. The molecule has 5 nitrogen and oxygen atoms in total. The summed E-state index contributed by atoms with van der Waals surface area (Å²) in [6, 6.07) is 8.62. The fraction of sp³-hybridized carbons (Fsp3) is 0.500. The maximum atomic E-state index is 10.6. The molecule has 1 aliphatic carbocycles. The molecule has 0 amide bonds. The number of allylic oxidation sites excluding steroid dienone is 1. The van der Waals surface area contributed by atoms with Crippen LogP contribution < -0.4 is 0 Å². The molecule has 2 N–H and O–H groups in total. The Hall–Kier alpha value is -2.38. The predicted octanol–water partition coefficient (Wildman–Crippen LogP) is 5.24. The highest BCUT2D eigenvalue weighted by atomic mass is 31.1. The second-order valence-electron chi connectivity index (χ2n) is 9.81. The van der Waals surface area contributed by atoms with Gasteiger partial charge in [-0.05, 0) is 87.4 Å². The van der Waals surface area contributed by atoms with Gasteiger partial charge in [-0.3, -0.25) is 4.79 Å². The average Bonchev–Trinajstić information content (AvgIpc) is 3.31. The van der Waals surface area contributed by atoms with Crippen LogP contribution in [0.2, 0.25) is 0 Å². The summed E-state index contributed by atoms with van der Waals surface area (Å²) in [6.07, 6.45) is 8.57. The molecular weight excluding hydrogens is 467 g/mol. The van der Waals surface area contributed by atoms with Crippen molar-refractivity contribution in [2.75, 3.05) is 32.8 Å². The van der Waals surface area contributed by atoms with Crippen molar-refractivity contribution in [3.05, 3.63) is 66.0 Å². The Balaban J connectivity index is 1.47. The van der Waals surface area contributed by atoms with Crippen LogP contribution in [0, 0.1) is 29.6 Å². The van der Waals surface area contributed by atoms with Crippen LogP contribution in [0.5, 0.6) is 0 Å². The number of aliphatic hydroxyl groups is 1. The molecule has 36 heavy (non-hydrogen) atoms. The van der Waals surface area contributed by atoms with Gasteiger partial charge in [0.25, 0.3) is 0 Å². The van der Waals surface area contributed by atoms with E-state index >= 15 is 0 Å². The Morgan fingerprint density at radius 3 is 2.56 bits per heavy atom. The van der Waals surface area contributed by atoms with Gasteiger partial charge in [0.1, 0.15) is 0 Å². The van der Waals surface area contributed by atoms with Crippen molar-refractivity contribution in [1.29, 1.82) is 0 Å². The van der Waals surface area contributed by atoms with E-state index in [-0.39, 0.29) is 6.42 Å². The van der Waals surface area contributed by atoms with E-state index in [9.17, 15) is 9.90 Å². The molecule has 0 radical (unpaired) electrons. The molecule has 1 aromatic carbocycles. The van der Waals surface area contributed by atoms with Gasteiger partial charge in [-0.15, -0.1) is 0 Å². The molecule has 1 aromatic rings. The van der Waals surface area contributed by atoms with Gasteiger partial charge in [-0.2, -0.15) is 0 Å². The molecule has 1 aliphatic heterocycles. The van der Waals surface area contributed by atoms with E-state index in [1.807, 2.05) is 24.1 Å². The highest BCUT2D eigenvalue weighted by Crippen LogP contribution is 2.51. The number of nitrogens with zero attached hydrogens (tertiary/aromatic N) is 2. The Morgan fingerprint density at radius 1 is 1.28 bits per heavy atom.